The summed E-state index contributed by atoms with van der Waals surface area (Å²) in [6, 6.07) is -0.639. The summed E-state index contributed by atoms with van der Waals surface area (Å²) in [5.74, 6) is -0.0685. The maximum atomic E-state index is 12.5. The van der Waals surface area contributed by atoms with Crippen molar-refractivity contribution in [3.8, 4) is 0 Å². The third-order valence-corrected chi connectivity index (χ3v) is 14.7. The zero-order valence-corrected chi connectivity index (χ0v) is 48.0. The van der Waals surface area contributed by atoms with Gasteiger partial charge in [0.2, 0.25) is 5.91 Å². The van der Waals surface area contributed by atoms with Crippen LogP contribution in [0.2, 0.25) is 0 Å². The molecule has 0 aromatic rings. The number of allylic oxidation sites excluding steroid dienone is 9. The normalized spacial score (nSPS) is 13.1. The lowest BCUT2D eigenvalue weighted by Gasteiger charge is -2.19. The molecule has 0 aliphatic heterocycles. The van der Waals surface area contributed by atoms with Crippen molar-refractivity contribution in [2.24, 2.45) is 0 Å². The van der Waals surface area contributed by atoms with Crippen LogP contribution in [0.5, 0.6) is 0 Å². The molecule has 4 heteroatoms. The van der Waals surface area contributed by atoms with Gasteiger partial charge in [0.1, 0.15) is 0 Å². The van der Waals surface area contributed by atoms with Gasteiger partial charge in [-0.05, 0) is 70.6 Å². The Morgan fingerprint density at radius 2 is 0.592 bits per heavy atom. The summed E-state index contributed by atoms with van der Waals surface area (Å²) in [7, 11) is 0. The molecule has 0 aliphatic rings. The van der Waals surface area contributed by atoms with Gasteiger partial charge in [-0.15, -0.1) is 0 Å². The predicted octanol–water partition coefficient (Wildman–Crippen LogP) is 21.5. The minimum absolute atomic E-state index is 0.0685. The summed E-state index contributed by atoms with van der Waals surface area (Å²) in [5, 5.41) is 23.2. The molecule has 0 fully saturated rings. The zero-order chi connectivity index (χ0) is 51.3. The number of carbonyl (C=O) groups is 1. The fourth-order valence-corrected chi connectivity index (χ4v) is 9.85. The maximum Gasteiger partial charge on any atom is 0.220 e. The molecule has 0 saturated heterocycles. The van der Waals surface area contributed by atoms with Gasteiger partial charge in [0.05, 0.1) is 18.8 Å². The molecule has 2 unspecified atom stereocenters. The van der Waals surface area contributed by atoms with Gasteiger partial charge in [-0.3, -0.25) is 4.79 Å². The van der Waals surface area contributed by atoms with Crippen molar-refractivity contribution in [3.63, 3.8) is 0 Å². The fraction of sp³-hybridized carbons (Fsp3) is 0.836. The number of aliphatic hydroxyl groups excluding tert-OH is 2. The Hall–Kier alpha value is -1.91. The van der Waals surface area contributed by atoms with Crippen molar-refractivity contribution in [1.29, 1.82) is 0 Å². The van der Waals surface area contributed by atoms with Crippen LogP contribution < -0.4 is 5.32 Å². The Morgan fingerprint density at radius 3 is 0.915 bits per heavy atom. The predicted molar refractivity (Wildman–Crippen MR) is 318 cm³/mol. The van der Waals surface area contributed by atoms with Crippen LogP contribution in [0, 0.1) is 0 Å². The summed E-state index contributed by atoms with van der Waals surface area (Å²) < 4.78 is 0. The van der Waals surface area contributed by atoms with E-state index in [2.05, 4.69) is 67.8 Å². The van der Waals surface area contributed by atoms with E-state index in [1.54, 1.807) is 6.08 Å². The third kappa shape index (κ3) is 58.8. The molecule has 0 rings (SSSR count). The number of aliphatic hydroxyl groups is 2. The third-order valence-electron chi connectivity index (χ3n) is 14.7. The highest BCUT2D eigenvalue weighted by atomic mass is 16.3. The van der Waals surface area contributed by atoms with Gasteiger partial charge < -0.3 is 15.5 Å². The molecule has 4 nitrogen and oxygen atoms in total. The lowest BCUT2D eigenvalue weighted by Crippen LogP contribution is -2.45. The summed E-state index contributed by atoms with van der Waals surface area (Å²) in [5.41, 5.74) is 0. The fourth-order valence-electron chi connectivity index (χ4n) is 9.85. The second kappa shape index (κ2) is 62.4. The molecule has 3 N–H and O–H groups in total. The second-order valence-electron chi connectivity index (χ2n) is 21.8. The molecule has 0 heterocycles. The lowest BCUT2D eigenvalue weighted by molar-refractivity contribution is -0.123. The monoisotopic (exact) mass is 992 g/mol. The van der Waals surface area contributed by atoms with Crippen molar-refractivity contribution in [3.05, 3.63) is 60.8 Å². The Balaban J connectivity index is 3.42. The summed E-state index contributed by atoms with van der Waals surface area (Å²) in [6.07, 6.45) is 88.6. The molecule has 416 valence electrons. The van der Waals surface area contributed by atoms with E-state index >= 15 is 0 Å². The van der Waals surface area contributed by atoms with Crippen LogP contribution >= 0.6 is 0 Å². The summed E-state index contributed by atoms with van der Waals surface area (Å²) in [6.45, 7) is 4.31. The van der Waals surface area contributed by atoms with E-state index in [4.69, 9.17) is 0 Å². The highest BCUT2D eigenvalue weighted by molar-refractivity contribution is 5.76. The Morgan fingerprint density at radius 1 is 0.338 bits per heavy atom. The molecule has 0 bridgehead atoms. The van der Waals surface area contributed by atoms with Crippen LogP contribution in [-0.2, 0) is 4.79 Å². The average Bonchev–Trinajstić information content (AvgIpc) is 3.37. The van der Waals surface area contributed by atoms with E-state index in [1.165, 1.54) is 276 Å². The van der Waals surface area contributed by atoms with Crippen LogP contribution in [0.15, 0.2) is 60.8 Å². The molecule has 0 saturated carbocycles. The molecular weight excluding hydrogens is 867 g/mol. The Kier molecular flexibility index (Phi) is 60.7. The van der Waals surface area contributed by atoms with E-state index in [0.29, 0.717) is 6.42 Å². The Bertz CT molecular complexity index is 1170. The minimum atomic E-state index is -0.862. The van der Waals surface area contributed by atoms with Crippen LogP contribution in [0.25, 0.3) is 0 Å². The first kappa shape index (κ1) is 69.1. The number of unbranched alkanes of at least 4 members (excludes halogenated alkanes) is 44. The van der Waals surface area contributed by atoms with Crippen molar-refractivity contribution < 1.29 is 15.0 Å². The first-order valence-corrected chi connectivity index (χ1v) is 32.0. The number of amides is 1. The number of hydrogen-bond acceptors (Lipinski definition) is 3. The van der Waals surface area contributed by atoms with Gasteiger partial charge in [-0.25, -0.2) is 0 Å². The van der Waals surface area contributed by atoms with E-state index < -0.39 is 12.1 Å². The van der Waals surface area contributed by atoms with Crippen molar-refractivity contribution in [1.82, 2.24) is 5.32 Å². The van der Waals surface area contributed by atoms with Gasteiger partial charge in [0.25, 0.3) is 0 Å². The van der Waals surface area contributed by atoms with E-state index in [0.717, 1.165) is 44.9 Å². The second-order valence-corrected chi connectivity index (χ2v) is 21.8. The first-order valence-electron chi connectivity index (χ1n) is 32.0. The highest BCUT2D eigenvalue weighted by Crippen LogP contribution is 2.18. The average molecular weight is 993 g/mol. The molecule has 71 heavy (non-hydrogen) atoms. The van der Waals surface area contributed by atoms with Crippen LogP contribution in [0.1, 0.15) is 341 Å². The zero-order valence-electron chi connectivity index (χ0n) is 48.0. The van der Waals surface area contributed by atoms with E-state index in [-0.39, 0.29) is 12.5 Å². The maximum absolute atomic E-state index is 12.5. The van der Waals surface area contributed by atoms with Gasteiger partial charge >= 0.3 is 0 Å². The van der Waals surface area contributed by atoms with Crippen LogP contribution in [0.3, 0.4) is 0 Å². The van der Waals surface area contributed by atoms with Gasteiger partial charge in [0.15, 0.2) is 0 Å². The standard InChI is InChI=1S/C67H125NO3/c1-3-5-7-9-11-13-15-17-19-21-23-24-25-26-27-28-29-30-31-32-33-34-35-36-37-38-39-40-41-42-43-44-45-47-49-51-53-55-57-59-61-63-67(71)68-65(64-69)66(70)62-60-58-56-54-52-50-48-46-22-20-18-16-14-12-10-8-6-4-2/h15,17,21,23,25-26,52,54,60,62,65-66,69-70H,3-14,16,18-20,22,24,27-51,53,55-59,61,63-64H2,1-2H3,(H,68,71)/b17-15-,23-21-,26-25-,54-52+,62-60+. The molecular formula is C67H125NO3. The number of rotatable bonds is 59. The molecule has 1 amide bonds. The molecule has 0 radical (unpaired) electrons. The summed E-state index contributed by atoms with van der Waals surface area (Å²) in [4.78, 5) is 12.5. The molecule has 0 aliphatic carbocycles. The molecule has 0 aromatic heterocycles. The van der Waals surface area contributed by atoms with Crippen molar-refractivity contribution in [2.75, 3.05) is 6.61 Å². The minimum Gasteiger partial charge on any atom is -0.394 e. The summed E-state index contributed by atoms with van der Waals surface area (Å²) >= 11 is 0. The SMILES string of the molecule is CCCCCCC/C=C\C/C=C\C/C=C\CCCCCCCCCCCCCCCCCCCCCCCCCCCCC(=O)NC(CO)C(O)/C=C/CC/C=C/CCCCCCCCCCCCCC. The number of nitrogens with one attached hydrogen (secondary N) is 1. The molecule has 0 spiro atoms. The largest absolute Gasteiger partial charge is 0.394 e. The van der Waals surface area contributed by atoms with E-state index in [9.17, 15) is 15.0 Å². The van der Waals surface area contributed by atoms with Crippen LogP contribution in [-0.4, -0.2) is 34.9 Å². The number of hydrogen-bond donors (Lipinski definition) is 3. The van der Waals surface area contributed by atoms with Crippen molar-refractivity contribution >= 4 is 5.91 Å². The van der Waals surface area contributed by atoms with Gasteiger partial charge in [-0.2, -0.15) is 0 Å². The molecule has 2 atom stereocenters. The smallest absolute Gasteiger partial charge is 0.220 e. The van der Waals surface area contributed by atoms with E-state index in [1.807, 2.05) is 6.08 Å². The topological polar surface area (TPSA) is 69.6 Å². The van der Waals surface area contributed by atoms with Crippen LogP contribution in [0.4, 0.5) is 0 Å². The lowest BCUT2D eigenvalue weighted by atomic mass is 10.0. The quantitative estimate of drug-likeness (QED) is 0.0420. The van der Waals surface area contributed by atoms with Gasteiger partial charge in [0, 0.05) is 6.42 Å². The highest BCUT2D eigenvalue weighted by Gasteiger charge is 2.18. The number of carbonyl (C=O) groups excluding carboxylic acids is 1. The first-order chi connectivity index (χ1) is 35.2. The Labute approximate surface area is 445 Å². The van der Waals surface area contributed by atoms with Crippen molar-refractivity contribution in [2.45, 2.75) is 353 Å². The molecule has 0 aromatic carbocycles. The van der Waals surface area contributed by atoms with Gasteiger partial charge in [-0.1, -0.05) is 325 Å².